The molecule has 2 aliphatic rings. The van der Waals surface area contributed by atoms with E-state index in [1.165, 1.54) is 0 Å². The van der Waals surface area contributed by atoms with Crippen LogP contribution >= 0.6 is 11.3 Å². The van der Waals surface area contributed by atoms with Crippen LogP contribution in [0.5, 0.6) is 0 Å². The molecule has 1 amide bonds. The fourth-order valence-corrected chi connectivity index (χ4v) is 5.69. The number of thiazole rings is 1. The van der Waals surface area contributed by atoms with Crippen molar-refractivity contribution < 1.29 is 4.79 Å². The summed E-state index contributed by atoms with van der Waals surface area (Å²) in [6.45, 7) is 8.12. The van der Waals surface area contributed by atoms with Gasteiger partial charge < -0.3 is 9.47 Å². The predicted molar refractivity (Wildman–Crippen MR) is 119 cm³/mol. The molecule has 0 aromatic carbocycles. The van der Waals surface area contributed by atoms with E-state index in [-0.39, 0.29) is 11.8 Å². The molecular weight excluding hydrogens is 408 g/mol. The van der Waals surface area contributed by atoms with Gasteiger partial charge >= 0.3 is 0 Å². The van der Waals surface area contributed by atoms with Gasteiger partial charge in [-0.15, -0.1) is 11.3 Å². The lowest BCUT2D eigenvalue weighted by Gasteiger charge is -2.28. The van der Waals surface area contributed by atoms with Crippen molar-refractivity contribution >= 4 is 17.2 Å². The highest BCUT2D eigenvalue weighted by Crippen LogP contribution is 2.50. The number of carbonyl (C=O) groups excluding carboxylic acids is 1. The maximum Gasteiger partial charge on any atom is 0.231 e. The number of nitrogens with zero attached hydrogens (tertiary/aromatic N) is 6. The van der Waals surface area contributed by atoms with Crippen molar-refractivity contribution in [1.29, 1.82) is 0 Å². The van der Waals surface area contributed by atoms with Crippen molar-refractivity contribution in [2.75, 3.05) is 19.6 Å². The summed E-state index contributed by atoms with van der Waals surface area (Å²) in [5, 5.41) is 3.11. The van der Waals surface area contributed by atoms with Gasteiger partial charge in [0.25, 0.3) is 0 Å². The number of carbonyl (C=O) groups is 1. The highest BCUT2D eigenvalue weighted by Gasteiger charge is 2.57. The molecule has 0 saturated carbocycles. The number of hydrogen-bond acceptors (Lipinski definition) is 6. The lowest BCUT2D eigenvalue weighted by Crippen LogP contribution is -2.39. The summed E-state index contributed by atoms with van der Waals surface area (Å²) in [7, 11) is 0. The zero-order chi connectivity index (χ0) is 21.4. The van der Waals surface area contributed by atoms with Crippen molar-refractivity contribution in [3.05, 3.63) is 64.9 Å². The summed E-state index contributed by atoms with van der Waals surface area (Å²) < 4.78 is 2.14. The van der Waals surface area contributed by atoms with Crippen LogP contribution in [-0.2, 0) is 17.9 Å². The summed E-state index contributed by atoms with van der Waals surface area (Å²) in [4.78, 5) is 31.6. The second-order valence-electron chi connectivity index (χ2n) is 8.98. The van der Waals surface area contributed by atoms with Crippen LogP contribution in [0.4, 0.5) is 0 Å². The van der Waals surface area contributed by atoms with Gasteiger partial charge in [0.05, 0.1) is 24.0 Å². The van der Waals surface area contributed by atoms with E-state index < -0.39 is 5.41 Å². The molecule has 5 rings (SSSR count). The van der Waals surface area contributed by atoms with E-state index in [2.05, 4.69) is 39.5 Å². The van der Waals surface area contributed by atoms with E-state index >= 15 is 0 Å². The number of imidazole rings is 1. The first kappa shape index (κ1) is 20.3. The summed E-state index contributed by atoms with van der Waals surface area (Å²) in [5.41, 5.74) is 1.74. The van der Waals surface area contributed by atoms with Gasteiger partial charge in [0.2, 0.25) is 5.91 Å². The van der Waals surface area contributed by atoms with E-state index in [1.54, 1.807) is 23.7 Å². The summed E-state index contributed by atoms with van der Waals surface area (Å²) >= 11 is 1.68. The Labute approximate surface area is 186 Å². The topological polar surface area (TPSA) is 67.2 Å². The van der Waals surface area contributed by atoms with E-state index in [0.29, 0.717) is 12.6 Å². The lowest BCUT2D eigenvalue weighted by atomic mass is 9.75. The molecule has 0 radical (unpaired) electrons. The minimum atomic E-state index is -0.416. The van der Waals surface area contributed by atoms with Crippen LogP contribution in [0.25, 0.3) is 0 Å². The second-order valence-corrected chi connectivity index (χ2v) is 9.95. The maximum atomic E-state index is 13.8. The summed E-state index contributed by atoms with van der Waals surface area (Å²) in [5.74, 6) is 0.359. The van der Waals surface area contributed by atoms with Gasteiger partial charge in [-0.3, -0.25) is 14.7 Å². The Morgan fingerprint density at radius 1 is 1.19 bits per heavy atom. The number of amides is 1. The summed E-state index contributed by atoms with van der Waals surface area (Å²) in [6.07, 6.45) is 10.3. The zero-order valence-corrected chi connectivity index (χ0v) is 18.8. The number of hydrogen-bond donors (Lipinski definition) is 0. The Morgan fingerprint density at radius 2 is 2.03 bits per heavy atom. The molecule has 2 fully saturated rings. The summed E-state index contributed by atoms with van der Waals surface area (Å²) in [6, 6.07) is 4.33. The Hall–Kier alpha value is -2.58. The molecule has 2 unspecified atom stereocenters. The normalized spacial score (nSPS) is 24.2. The third-order valence-corrected chi connectivity index (χ3v) is 7.46. The van der Waals surface area contributed by atoms with E-state index in [4.69, 9.17) is 4.98 Å². The molecule has 2 aliphatic heterocycles. The molecule has 2 saturated heterocycles. The third-order valence-electron chi connectivity index (χ3n) is 6.69. The van der Waals surface area contributed by atoms with Crippen molar-refractivity contribution in [1.82, 2.24) is 29.3 Å². The first-order chi connectivity index (χ1) is 15.0. The van der Waals surface area contributed by atoms with Gasteiger partial charge in [-0.1, -0.05) is 0 Å². The molecule has 1 spiro atoms. The van der Waals surface area contributed by atoms with Crippen LogP contribution < -0.4 is 0 Å². The maximum absolute atomic E-state index is 13.8. The van der Waals surface area contributed by atoms with Gasteiger partial charge in [0, 0.05) is 68.3 Å². The largest absolute Gasteiger partial charge is 0.338 e. The van der Waals surface area contributed by atoms with Gasteiger partial charge in [-0.05, 0) is 38.0 Å². The first-order valence-corrected chi connectivity index (χ1v) is 11.8. The fourth-order valence-electron chi connectivity index (χ4n) is 5.03. The Morgan fingerprint density at radius 3 is 2.74 bits per heavy atom. The molecule has 3 aromatic heterocycles. The zero-order valence-electron chi connectivity index (χ0n) is 18.0. The van der Waals surface area contributed by atoms with Crippen LogP contribution in [-0.4, -0.2) is 54.9 Å². The van der Waals surface area contributed by atoms with Crippen LogP contribution in [0.2, 0.25) is 0 Å². The van der Waals surface area contributed by atoms with E-state index in [0.717, 1.165) is 48.9 Å². The number of rotatable bonds is 6. The van der Waals surface area contributed by atoms with E-state index in [9.17, 15) is 4.79 Å². The van der Waals surface area contributed by atoms with Gasteiger partial charge in [-0.25, -0.2) is 9.97 Å². The fraction of sp³-hybridized carbons (Fsp3) is 0.478. The molecule has 162 valence electrons. The number of likely N-dealkylation sites (tertiary alicyclic amines) is 2. The molecule has 5 heterocycles. The third kappa shape index (κ3) is 3.78. The molecule has 0 bridgehead atoms. The quantitative estimate of drug-likeness (QED) is 0.593. The van der Waals surface area contributed by atoms with Gasteiger partial charge in [0.1, 0.15) is 5.01 Å². The second kappa shape index (κ2) is 8.16. The molecular formula is C23H28N6OS. The number of pyridine rings is 1. The van der Waals surface area contributed by atoms with Crippen LogP contribution in [0.15, 0.2) is 48.6 Å². The van der Waals surface area contributed by atoms with Crippen molar-refractivity contribution in [2.45, 2.75) is 45.3 Å². The van der Waals surface area contributed by atoms with Crippen molar-refractivity contribution in [3.8, 4) is 0 Å². The Bertz CT molecular complexity index is 1030. The van der Waals surface area contributed by atoms with E-state index in [1.807, 2.05) is 34.9 Å². The van der Waals surface area contributed by atoms with Crippen LogP contribution in [0.3, 0.4) is 0 Å². The molecule has 0 aliphatic carbocycles. The molecule has 3 aromatic rings. The number of aromatic nitrogens is 4. The highest BCUT2D eigenvalue weighted by atomic mass is 32.1. The monoisotopic (exact) mass is 436 g/mol. The average Bonchev–Trinajstić information content (AvgIpc) is 3.55. The average molecular weight is 437 g/mol. The predicted octanol–water partition coefficient (Wildman–Crippen LogP) is 3.33. The molecule has 7 nitrogen and oxygen atoms in total. The first-order valence-electron chi connectivity index (χ1n) is 10.9. The molecule has 2 atom stereocenters. The SMILES string of the molecule is CC(C)n1cnc(C2CN(Cc3nccs3)CC23CCN(Cc2ccncc2)C3=O)c1. The van der Waals surface area contributed by atoms with Crippen LogP contribution in [0, 0.1) is 5.41 Å². The Balaban J connectivity index is 1.43. The van der Waals surface area contributed by atoms with Crippen molar-refractivity contribution in [3.63, 3.8) is 0 Å². The molecule has 0 N–H and O–H groups in total. The minimum absolute atomic E-state index is 0.0994. The molecule has 31 heavy (non-hydrogen) atoms. The minimum Gasteiger partial charge on any atom is -0.338 e. The lowest BCUT2D eigenvalue weighted by molar-refractivity contribution is -0.136. The van der Waals surface area contributed by atoms with Gasteiger partial charge in [-0.2, -0.15) is 0 Å². The molecule has 8 heteroatoms. The standard InChI is InChI=1S/C23H28N6OS/c1-17(2)29-13-20(26-16-29)19-12-27(14-21-25-8-10-31-21)15-23(19)5-9-28(22(23)30)11-18-3-6-24-7-4-18/h3-4,6-8,10,13,16-17,19H,5,9,11-12,14-15H2,1-2H3. The highest BCUT2D eigenvalue weighted by molar-refractivity contribution is 7.09. The van der Waals surface area contributed by atoms with Crippen LogP contribution in [0.1, 0.15) is 48.5 Å². The Kier molecular flexibility index (Phi) is 5.35. The van der Waals surface area contributed by atoms with Gasteiger partial charge in [0.15, 0.2) is 0 Å². The smallest absolute Gasteiger partial charge is 0.231 e. The van der Waals surface area contributed by atoms with Crippen molar-refractivity contribution in [2.24, 2.45) is 5.41 Å².